The Morgan fingerprint density at radius 1 is 1.20 bits per heavy atom. The van der Waals surface area contributed by atoms with Gasteiger partial charge in [0.05, 0.1) is 11.5 Å². The Morgan fingerprint density at radius 2 is 1.93 bits per heavy atom. The van der Waals surface area contributed by atoms with E-state index in [1.807, 2.05) is 6.92 Å². The van der Waals surface area contributed by atoms with E-state index in [4.69, 9.17) is 0 Å². The van der Waals surface area contributed by atoms with E-state index in [2.05, 4.69) is 15.2 Å². The molecule has 10 heteroatoms. The lowest BCUT2D eigenvalue weighted by molar-refractivity contribution is -0.384. The number of aliphatic hydroxyl groups excluding tert-OH is 1. The van der Waals surface area contributed by atoms with Crippen LogP contribution in [-0.2, 0) is 13.0 Å². The number of anilines is 1. The van der Waals surface area contributed by atoms with Crippen LogP contribution in [0.5, 0.6) is 0 Å². The third-order valence-corrected chi connectivity index (χ3v) is 4.72. The van der Waals surface area contributed by atoms with Gasteiger partial charge in [-0.15, -0.1) is 0 Å². The molecule has 0 saturated heterocycles. The largest absolute Gasteiger partial charge is 0.395 e. The number of aromatic amines is 1. The Balaban J connectivity index is 1.86. The van der Waals surface area contributed by atoms with Crippen LogP contribution in [0, 0.1) is 10.1 Å². The van der Waals surface area contributed by atoms with Crippen molar-refractivity contribution in [3.8, 4) is 0 Å². The third-order valence-electron chi connectivity index (χ3n) is 4.72. The van der Waals surface area contributed by atoms with Crippen molar-refractivity contribution in [2.24, 2.45) is 0 Å². The van der Waals surface area contributed by atoms with Crippen molar-refractivity contribution >= 4 is 11.5 Å². The van der Waals surface area contributed by atoms with Crippen LogP contribution in [-0.4, -0.2) is 57.3 Å². The average molecular weight is 419 g/mol. The monoisotopic (exact) mass is 419 g/mol. The lowest BCUT2D eigenvalue weighted by Gasteiger charge is -2.22. The number of nitro groups is 1. The maximum absolute atomic E-state index is 12.0. The number of hydrogen-bond donors (Lipinski definition) is 3. The lowest BCUT2D eigenvalue weighted by atomic mass is 10.1. The number of benzene rings is 1. The van der Waals surface area contributed by atoms with Gasteiger partial charge in [-0.05, 0) is 31.4 Å². The van der Waals surface area contributed by atoms with Gasteiger partial charge in [0.15, 0.2) is 0 Å². The molecule has 0 atom stereocenters. The van der Waals surface area contributed by atoms with E-state index in [9.17, 15) is 24.8 Å². The minimum atomic E-state index is -0.440. The fraction of sp³-hybridized carbons (Fsp3) is 0.500. The molecule has 1 aromatic heterocycles. The molecule has 2 rings (SSSR count). The molecular formula is C20H29N5O5. The molecule has 164 valence electrons. The summed E-state index contributed by atoms with van der Waals surface area (Å²) in [6.07, 6.45) is 2.38. The summed E-state index contributed by atoms with van der Waals surface area (Å²) in [5.41, 5.74) is 0.232. The van der Waals surface area contributed by atoms with Crippen molar-refractivity contribution in [2.75, 3.05) is 38.1 Å². The minimum absolute atomic E-state index is 0.0308. The summed E-state index contributed by atoms with van der Waals surface area (Å²) < 4.78 is 1.51. The quantitative estimate of drug-likeness (QED) is 0.328. The first-order valence-electron chi connectivity index (χ1n) is 10.1. The number of nitrogens with zero attached hydrogens (tertiary/aromatic N) is 3. The van der Waals surface area contributed by atoms with Crippen LogP contribution in [0.25, 0.3) is 0 Å². The van der Waals surface area contributed by atoms with Crippen molar-refractivity contribution in [3.63, 3.8) is 0 Å². The van der Waals surface area contributed by atoms with Crippen molar-refractivity contribution < 1.29 is 10.0 Å². The second-order valence-corrected chi connectivity index (χ2v) is 6.99. The van der Waals surface area contributed by atoms with Gasteiger partial charge in [-0.25, -0.2) is 4.79 Å². The molecule has 0 aliphatic carbocycles. The molecule has 0 fully saturated rings. The number of H-pyrrole nitrogens is 1. The second kappa shape index (κ2) is 11.9. The number of hydrogen-bond acceptors (Lipinski definition) is 7. The van der Waals surface area contributed by atoms with Gasteiger partial charge in [0, 0.05) is 44.4 Å². The molecule has 0 radical (unpaired) electrons. The highest BCUT2D eigenvalue weighted by atomic mass is 16.6. The first-order valence-corrected chi connectivity index (χ1v) is 10.1. The zero-order valence-electron chi connectivity index (χ0n) is 17.2. The first kappa shape index (κ1) is 23.3. The van der Waals surface area contributed by atoms with Gasteiger partial charge in [0.2, 0.25) is 0 Å². The topological polar surface area (TPSA) is 134 Å². The van der Waals surface area contributed by atoms with Gasteiger partial charge in [-0.1, -0.05) is 19.1 Å². The van der Waals surface area contributed by atoms with E-state index in [1.165, 1.54) is 22.8 Å². The number of non-ortho nitro benzene ring substituents is 1. The van der Waals surface area contributed by atoms with Crippen LogP contribution in [0.15, 0.2) is 39.9 Å². The smallest absolute Gasteiger partial charge is 0.329 e. The van der Waals surface area contributed by atoms with Crippen LogP contribution in [0.2, 0.25) is 0 Å². The molecule has 1 aromatic carbocycles. The molecule has 0 unspecified atom stereocenters. The summed E-state index contributed by atoms with van der Waals surface area (Å²) in [5.74, 6) is 0.487. The highest BCUT2D eigenvalue weighted by Gasteiger charge is 2.08. The van der Waals surface area contributed by atoms with Gasteiger partial charge < -0.3 is 10.4 Å². The average Bonchev–Trinajstić information content (AvgIpc) is 2.71. The van der Waals surface area contributed by atoms with E-state index < -0.39 is 16.2 Å². The molecule has 2 aromatic rings. The van der Waals surface area contributed by atoms with Gasteiger partial charge in [-0.3, -0.25) is 29.4 Å². The first-order chi connectivity index (χ1) is 14.4. The lowest BCUT2D eigenvalue weighted by Crippen LogP contribution is -2.35. The van der Waals surface area contributed by atoms with Crippen LogP contribution in [0.4, 0.5) is 11.5 Å². The Labute approximate surface area is 174 Å². The number of nitro benzene ring substituents is 1. The maximum atomic E-state index is 12.0. The molecule has 1 heterocycles. The summed E-state index contributed by atoms with van der Waals surface area (Å²) in [7, 11) is 0. The minimum Gasteiger partial charge on any atom is -0.395 e. The predicted octanol–water partition coefficient (Wildman–Crippen LogP) is 1.19. The van der Waals surface area contributed by atoms with Crippen LogP contribution in [0.3, 0.4) is 0 Å². The molecule has 0 bridgehead atoms. The number of nitrogens with one attached hydrogen (secondary N) is 2. The van der Waals surface area contributed by atoms with Crippen LogP contribution < -0.4 is 16.6 Å². The summed E-state index contributed by atoms with van der Waals surface area (Å²) in [6, 6.07) is 7.90. The standard InChI is InChI=1S/C20H29N5O5/c1-2-10-24-18(15-19(27)22-20(24)28)21-9-12-23(13-14-26)11-3-4-16-5-7-17(8-6-16)25(29)30/h5-8,15,21,26H,2-4,9-14H2,1H3,(H,22,27,28). The van der Waals surface area contributed by atoms with E-state index >= 15 is 0 Å². The number of rotatable bonds is 13. The summed E-state index contributed by atoms with van der Waals surface area (Å²) in [6.45, 7) is 4.90. The van der Waals surface area contributed by atoms with E-state index in [0.717, 1.165) is 31.4 Å². The normalized spacial score (nSPS) is 11.0. The fourth-order valence-corrected chi connectivity index (χ4v) is 3.22. The Morgan fingerprint density at radius 3 is 2.57 bits per heavy atom. The molecular weight excluding hydrogens is 390 g/mol. The van der Waals surface area contributed by atoms with Crippen molar-refractivity contribution in [1.29, 1.82) is 0 Å². The molecule has 0 amide bonds. The maximum Gasteiger partial charge on any atom is 0.329 e. The highest BCUT2D eigenvalue weighted by molar-refractivity contribution is 5.34. The fourth-order valence-electron chi connectivity index (χ4n) is 3.22. The molecule has 0 spiro atoms. The SMILES string of the molecule is CCCn1c(NCCN(CCO)CCCc2ccc([N+](=O)[O-])cc2)cc(=O)[nH]c1=O. The summed E-state index contributed by atoms with van der Waals surface area (Å²) in [5, 5.41) is 23.2. The summed E-state index contributed by atoms with van der Waals surface area (Å²) in [4.78, 5) is 38.2. The van der Waals surface area contributed by atoms with Gasteiger partial charge in [-0.2, -0.15) is 0 Å². The van der Waals surface area contributed by atoms with Crippen LogP contribution in [0.1, 0.15) is 25.3 Å². The van der Waals surface area contributed by atoms with Crippen molar-refractivity contribution in [2.45, 2.75) is 32.7 Å². The van der Waals surface area contributed by atoms with Crippen molar-refractivity contribution in [1.82, 2.24) is 14.5 Å². The summed E-state index contributed by atoms with van der Waals surface area (Å²) >= 11 is 0. The van der Waals surface area contributed by atoms with Gasteiger partial charge >= 0.3 is 5.69 Å². The predicted molar refractivity (Wildman–Crippen MR) is 115 cm³/mol. The van der Waals surface area contributed by atoms with Gasteiger partial charge in [0.25, 0.3) is 11.2 Å². The number of aromatic nitrogens is 2. The van der Waals surface area contributed by atoms with Crippen molar-refractivity contribution in [3.05, 3.63) is 66.8 Å². The second-order valence-electron chi connectivity index (χ2n) is 6.99. The van der Waals surface area contributed by atoms with Crippen LogP contribution >= 0.6 is 0 Å². The third kappa shape index (κ3) is 7.12. The molecule has 3 N–H and O–H groups in total. The molecule has 0 saturated carbocycles. The number of aliphatic hydroxyl groups is 1. The molecule has 10 nitrogen and oxygen atoms in total. The van der Waals surface area contributed by atoms with Gasteiger partial charge in [0.1, 0.15) is 5.82 Å². The number of aryl methyl sites for hydroxylation is 1. The molecule has 0 aliphatic heterocycles. The zero-order valence-corrected chi connectivity index (χ0v) is 17.2. The van der Waals surface area contributed by atoms with E-state index in [1.54, 1.807) is 12.1 Å². The zero-order chi connectivity index (χ0) is 21.9. The molecule has 30 heavy (non-hydrogen) atoms. The Hall–Kier alpha value is -2.98. The van der Waals surface area contributed by atoms with E-state index in [-0.39, 0.29) is 12.3 Å². The Bertz CT molecular complexity index is 922. The molecule has 0 aliphatic rings. The Kier molecular flexibility index (Phi) is 9.23. The highest BCUT2D eigenvalue weighted by Crippen LogP contribution is 2.13. The van der Waals surface area contributed by atoms with E-state index in [0.29, 0.717) is 32.0 Å².